The van der Waals surface area contributed by atoms with E-state index < -0.39 is 0 Å². The van der Waals surface area contributed by atoms with Gasteiger partial charge in [0.15, 0.2) is 0 Å². The molecule has 0 radical (unpaired) electrons. The Morgan fingerprint density at radius 1 is 1.47 bits per heavy atom. The lowest BCUT2D eigenvalue weighted by Gasteiger charge is -2.12. The first-order valence-electron chi connectivity index (χ1n) is 5.60. The first-order chi connectivity index (χ1) is 8.08. The molecule has 2 nitrogen and oxygen atoms in total. The summed E-state index contributed by atoms with van der Waals surface area (Å²) in [6.45, 7) is 7.04. The van der Waals surface area contributed by atoms with E-state index in [1.165, 1.54) is 14.9 Å². The zero-order chi connectivity index (χ0) is 12.4. The van der Waals surface area contributed by atoms with Crippen molar-refractivity contribution in [3.8, 4) is 0 Å². The van der Waals surface area contributed by atoms with Crippen molar-refractivity contribution in [1.82, 2.24) is 5.32 Å². The van der Waals surface area contributed by atoms with Gasteiger partial charge in [-0.2, -0.15) is 0 Å². The van der Waals surface area contributed by atoms with Gasteiger partial charge in [-0.1, -0.05) is 0 Å². The monoisotopic (exact) mass is 313 g/mol. The maximum absolute atomic E-state index is 5.55. The van der Waals surface area contributed by atoms with Gasteiger partial charge in [0.25, 0.3) is 0 Å². The van der Waals surface area contributed by atoms with Gasteiger partial charge < -0.3 is 9.73 Å². The van der Waals surface area contributed by atoms with E-state index in [1.807, 2.05) is 13.8 Å². The van der Waals surface area contributed by atoms with Crippen molar-refractivity contribution in [2.75, 3.05) is 0 Å². The van der Waals surface area contributed by atoms with E-state index in [4.69, 9.17) is 4.42 Å². The Morgan fingerprint density at radius 3 is 2.76 bits per heavy atom. The topological polar surface area (TPSA) is 25.2 Å². The Kier molecular flexibility index (Phi) is 4.07. The number of nitrogens with one attached hydrogen (secondary N) is 1. The van der Waals surface area contributed by atoms with Gasteiger partial charge in [0.2, 0.25) is 0 Å². The molecule has 1 atom stereocenters. The van der Waals surface area contributed by atoms with Crippen LogP contribution in [-0.4, -0.2) is 0 Å². The van der Waals surface area contributed by atoms with Crippen LogP contribution in [0.2, 0.25) is 0 Å². The van der Waals surface area contributed by atoms with E-state index in [2.05, 4.69) is 45.7 Å². The second kappa shape index (κ2) is 5.38. The van der Waals surface area contributed by atoms with Gasteiger partial charge in [-0.3, -0.25) is 0 Å². The highest BCUT2D eigenvalue weighted by molar-refractivity contribution is 9.10. The molecule has 0 bridgehead atoms. The maximum atomic E-state index is 5.55. The predicted octanol–water partition coefficient (Wildman–Crippen LogP) is 4.57. The molecule has 2 aromatic rings. The fourth-order valence-corrected chi connectivity index (χ4v) is 3.33. The third-order valence-corrected chi connectivity index (χ3v) is 4.73. The third kappa shape index (κ3) is 3.00. The van der Waals surface area contributed by atoms with Crippen molar-refractivity contribution in [2.24, 2.45) is 0 Å². The molecule has 2 heterocycles. The van der Waals surface area contributed by atoms with Crippen LogP contribution < -0.4 is 5.32 Å². The molecule has 0 saturated carbocycles. The molecule has 92 valence electrons. The number of rotatable bonds is 4. The van der Waals surface area contributed by atoms with Crippen molar-refractivity contribution in [3.63, 3.8) is 0 Å². The van der Waals surface area contributed by atoms with Crippen LogP contribution in [-0.2, 0) is 6.54 Å². The summed E-state index contributed by atoms with van der Waals surface area (Å²) >= 11 is 5.31. The van der Waals surface area contributed by atoms with Crippen molar-refractivity contribution >= 4 is 27.3 Å². The van der Waals surface area contributed by atoms with Crippen LogP contribution in [0.1, 0.15) is 34.9 Å². The molecule has 4 heteroatoms. The molecule has 0 aliphatic heterocycles. The number of aryl methyl sites for hydroxylation is 2. The fraction of sp³-hybridized carbons (Fsp3) is 0.385. The SMILES string of the molecule is Cc1cc(C(C)NCc2sccc2Br)c(C)o1. The zero-order valence-electron chi connectivity index (χ0n) is 10.2. The molecular formula is C13H16BrNOS. The van der Waals surface area contributed by atoms with Gasteiger partial charge in [-0.25, -0.2) is 0 Å². The highest BCUT2D eigenvalue weighted by Crippen LogP contribution is 2.25. The molecular weight excluding hydrogens is 298 g/mol. The molecule has 17 heavy (non-hydrogen) atoms. The number of hydrogen-bond donors (Lipinski definition) is 1. The zero-order valence-corrected chi connectivity index (χ0v) is 12.6. The van der Waals surface area contributed by atoms with Gasteiger partial charge >= 0.3 is 0 Å². The molecule has 2 rings (SSSR count). The minimum absolute atomic E-state index is 0.307. The van der Waals surface area contributed by atoms with Crippen molar-refractivity contribution in [1.29, 1.82) is 0 Å². The largest absolute Gasteiger partial charge is 0.466 e. The number of furan rings is 1. The van der Waals surface area contributed by atoms with Crippen LogP contribution in [0.5, 0.6) is 0 Å². The van der Waals surface area contributed by atoms with Crippen molar-refractivity contribution in [3.05, 3.63) is 43.9 Å². The molecule has 0 aliphatic carbocycles. The molecule has 0 aliphatic rings. The third-order valence-electron chi connectivity index (χ3n) is 2.81. The summed E-state index contributed by atoms with van der Waals surface area (Å²) in [6.07, 6.45) is 0. The smallest absolute Gasteiger partial charge is 0.105 e. The van der Waals surface area contributed by atoms with E-state index >= 15 is 0 Å². The molecule has 2 aromatic heterocycles. The predicted molar refractivity (Wildman–Crippen MR) is 75.5 cm³/mol. The second-order valence-corrected chi connectivity index (χ2v) is 6.02. The van der Waals surface area contributed by atoms with Crippen molar-refractivity contribution in [2.45, 2.75) is 33.4 Å². The molecule has 0 fully saturated rings. The summed E-state index contributed by atoms with van der Waals surface area (Å²) < 4.78 is 6.73. The summed E-state index contributed by atoms with van der Waals surface area (Å²) in [5.41, 5.74) is 1.25. The number of thiophene rings is 1. The van der Waals surface area contributed by atoms with Gasteiger partial charge in [0, 0.05) is 27.5 Å². The van der Waals surface area contributed by atoms with Gasteiger partial charge in [-0.05, 0) is 54.2 Å². The Labute approximate surface area is 114 Å². The van der Waals surface area contributed by atoms with E-state index in [0.29, 0.717) is 6.04 Å². The lowest BCUT2D eigenvalue weighted by atomic mass is 10.1. The molecule has 1 unspecified atom stereocenters. The quantitative estimate of drug-likeness (QED) is 0.894. The summed E-state index contributed by atoms with van der Waals surface area (Å²) in [4.78, 5) is 1.33. The van der Waals surface area contributed by atoms with Gasteiger partial charge in [-0.15, -0.1) is 11.3 Å². The van der Waals surface area contributed by atoms with Crippen LogP contribution in [0.25, 0.3) is 0 Å². The van der Waals surface area contributed by atoms with Gasteiger partial charge in [0.05, 0.1) is 0 Å². The molecule has 0 amide bonds. The minimum Gasteiger partial charge on any atom is -0.466 e. The average molecular weight is 314 g/mol. The van der Waals surface area contributed by atoms with E-state index in [1.54, 1.807) is 11.3 Å². The van der Waals surface area contributed by atoms with Gasteiger partial charge in [0.1, 0.15) is 11.5 Å². The lowest BCUT2D eigenvalue weighted by molar-refractivity contribution is 0.490. The molecule has 0 saturated heterocycles. The van der Waals surface area contributed by atoms with Crippen LogP contribution in [0.3, 0.4) is 0 Å². The van der Waals surface area contributed by atoms with Crippen LogP contribution in [0, 0.1) is 13.8 Å². The molecule has 0 spiro atoms. The summed E-state index contributed by atoms with van der Waals surface area (Å²) in [6, 6.07) is 4.50. The Balaban J connectivity index is 2.00. The summed E-state index contributed by atoms with van der Waals surface area (Å²) in [5.74, 6) is 1.98. The highest BCUT2D eigenvalue weighted by Gasteiger charge is 2.12. The maximum Gasteiger partial charge on any atom is 0.105 e. The first kappa shape index (κ1) is 12.9. The Morgan fingerprint density at radius 2 is 2.24 bits per heavy atom. The number of hydrogen-bond acceptors (Lipinski definition) is 3. The van der Waals surface area contributed by atoms with E-state index in [-0.39, 0.29) is 0 Å². The van der Waals surface area contributed by atoms with Crippen LogP contribution in [0.15, 0.2) is 26.4 Å². The van der Waals surface area contributed by atoms with Crippen LogP contribution >= 0.6 is 27.3 Å². The van der Waals surface area contributed by atoms with Crippen molar-refractivity contribution < 1.29 is 4.42 Å². The highest BCUT2D eigenvalue weighted by atomic mass is 79.9. The normalized spacial score (nSPS) is 12.9. The Hall–Kier alpha value is -0.580. The van der Waals surface area contributed by atoms with Crippen LogP contribution in [0.4, 0.5) is 0 Å². The summed E-state index contributed by atoms with van der Waals surface area (Å²) in [7, 11) is 0. The number of halogens is 1. The summed E-state index contributed by atoms with van der Waals surface area (Å²) in [5, 5.41) is 5.61. The molecule has 1 N–H and O–H groups in total. The average Bonchev–Trinajstić information content (AvgIpc) is 2.81. The van der Waals surface area contributed by atoms with E-state index in [9.17, 15) is 0 Å². The fourth-order valence-electron chi connectivity index (χ4n) is 1.89. The standard InChI is InChI=1S/C13H16BrNOS/c1-8-6-11(10(3)16-8)9(2)15-7-13-12(14)4-5-17-13/h4-6,9,15H,7H2,1-3H3. The second-order valence-electron chi connectivity index (χ2n) is 4.16. The molecule has 0 aromatic carbocycles. The first-order valence-corrected chi connectivity index (χ1v) is 7.27. The lowest BCUT2D eigenvalue weighted by Crippen LogP contribution is -2.17. The minimum atomic E-state index is 0.307. The Bertz CT molecular complexity index is 503. The van der Waals surface area contributed by atoms with E-state index in [0.717, 1.165) is 18.1 Å².